The molecule has 6 heteroatoms. The molecule has 186 valence electrons. The number of allylic oxidation sites excluding steroid dienone is 1. The van der Waals surface area contributed by atoms with Gasteiger partial charge in [-0.25, -0.2) is 4.57 Å². The Labute approximate surface area is 193 Å². The van der Waals surface area contributed by atoms with Crippen LogP contribution in [0.25, 0.3) is 0 Å². The van der Waals surface area contributed by atoms with Crippen LogP contribution in [0, 0.1) is 0 Å². The molecule has 0 aromatic heterocycles. The third-order valence-corrected chi connectivity index (χ3v) is 6.59. The second-order valence-electron chi connectivity index (χ2n) is 9.88. The number of nitrogens with zero attached hydrogens (tertiary/aromatic N) is 1. The minimum atomic E-state index is -3.88. The van der Waals surface area contributed by atoms with Crippen molar-refractivity contribution >= 4 is 7.82 Å². The predicted molar refractivity (Wildman–Crippen MR) is 133 cm³/mol. The van der Waals surface area contributed by atoms with Gasteiger partial charge in [-0.2, -0.15) is 0 Å². The second kappa shape index (κ2) is 20.4. The Morgan fingerprint density at radius 2 is 1.03 bits per heavy atom. The second-order valence-corrected chi connectivity index (χ2v) is 11.3. The van der Waals surface area contributed by atoms with Gasteiger partial charge < -0.3 is 9.38 Å². The average molecular weight is 463 g/mol. The first kappa shape index (κ1) is 30.8. The summed E-state index contributed by atoms with van der Waals surface area (Å²) < 4.78 is 22.5. The van der Waals surface area contributed by atoms with E-state index < -0.39 is 7.82 Å². The number of hydrogen-bond acceptors (Lipinski definition) is 3. The van der Waals surface area contributed by atoms with Crippen LogP contribution in [0.15, 0.2) is 12.7 Å². The van der Waals surface area contributed by atoms with Crippen LogP contribution >= 0.6 is 7.82 Å². The molecule has 0 bridgehead atoms. The number of hydrogen-bond donors (Lipinski definition) is 1. The lowest BCUT2D eigenvalue weighted by Gasteiger charge is -2.24. The van der Waals surface area contributed by atoms with Gasteiger partial charge in [0.2, 0.25) is 0 Å². The molecule has 0 radical (unpaired) electrons. The van der Waals surface area contributed by atoms with E-state index in [1.54, 1.807) is 0 Å². The van der Waals surface area contributed by atoms with Gasteiger partial charge in [0.15, 0.2) is 0 Å². The number of unbranched alkanes of at least 4 members (excludes halogenated alkanes) is 16. The molecule has 0 heterocycles. The maximum absolute atomic E-state index is 11.8. The van der Waals surface area contributed by atoms with Gasteiger partial charge in [-0.1, -0.05) is 96.0 Å². The summed E-state index contributed by atoms with van der Waals surface area (Å²) >= 11 is 0. The highest BCUT2D eigenvalue weighted by atomic mass is 31.2. The van der Waals surface area contributed by atoms with E-state index in [0.717, 1.165) is 12.8 Å². The van der Waals surface area contributed by atoms with E-state index in [1.807, 2.05) is 27.2 Å². The zero-order valence-corrected chi connectivity index (χ0v) is 21.9. The Balaban J connectivity index is 3.26. The number of phosphoric ester groups is 1. The van der Waals surface area contributed by atoms with Crippen LogP contribution in [-0.2, 0) is 13.6 Å². The monoisotopic (exact) mass is 462 g/mol. The molecule has 1 atom stereocenters. The molecule has 5 nitrogen and oxygen atoms in total. The van der Waals surface area contributed by atoms with E-state index in [1.165, 1.54) is 96.3 Å². The first-order valence-corrected chi connectivity index (χ1v) is 14.3. The van der Waals surface area contributed by atoms with Crippen molar-refractivity contribution in [1.29, 1.82) is 0 Å². The maximum Gasteiger partial charge on any atom is 0.472 e. The lowest BCUT2D eigenvalue weighted by molar-refractivity contribution is -0.870. The van der Waals surface area contributed by atoms with Crippen LogP contribution in [-0.4, -0.2) is 50.3 Å². The first-order valence-electron chi connectivity index (χ1n) is 12.8. The fourth-order valence-electron chi connectivity index (χ4n) is 3.51. The molecule has 0 saturated heterocycles. The van der Waals surface area contributed by atoms with Crippen molar-refractivity contribution in [1.82, 2.24) is 0 Å². The molecule has 0 amide bonds. The SMILES string of the molecule is C=CCCCCCCCCCCCCCCCCCCOP(=O)(O)OCC[N+](C)(C)C. The number of rotatable bonds is 24. The topological polar surface area (TPSA) is 55.8 Å². The Bertz CT molecular complexity index is 451. The highest BCUT2D eigenvalue weighted by Gasteiger charge is 2.21. The summed E-state index contributed by atoms with van der Waals surface area (Å²) in [5.41, 5.74) is 0. The number of quaternary nitrogens is 1. The van der Waals surface area contributed by atoms with Crippen LogP contribution in [0.2, 0.25) is 0 Å². The smallest absolute Gasteiger partial charge is 0.329 e. The molecule has 0 saturated carbocycles. The molecular formula is C25H53NO4P+. The van der Waals surface area contributed by atoms with E-state index in [2.05, 4.69) is 6.58 Å². The molecule has 0 rings (SSSR count). The van der Waals surface area contributed by atoms with E-state index in [0.29, 0.717) is 17.6 Å². The van der Waals surface area contributed by atoms with Gasteiger partial charge in [-0.3, -0.25) is 9.05 Å². The first-order chi connectivity index (χ1) is 14.8. The number of phosphoric acid groups is 1. The van der Waals surface area contributed by atoms with E-state index in [-0.39, 0.29) is 6.61 Å². The van der Waals surface area contributed by atoms with Crippen LogP contribution in [0.1, 0.15) is 109 Å². The molecule has 0 spiro atoms. The van der Waals surface area contributed by atoms with Gasteiger partial charge in [-0.15, -0.1) is 6.58 Å². The summed E-state index contributed by atoms with van der Waals surface area (Å²) in [5, 5.41) is 0. The van der Waals surface area contributed by atoms with Crippen LogP contribution in [0.3, 0.4) is 0 Å². The Hall–Kier alpha value is -0.190. The predicted octanol–water partition coefficient (Wildman–Crippen LogP) is 7.64. The zero-order valence-electron chi connectivity index (χ0n) is 21.0. The number of likely N-dealkylation sites (N-methyl/N-ethyl adjacent to an activating group) is 1. The van der Waals surface area contributed by atoms with Crippen molar-refractivity contribution in [2.24, 2.45) is 0 Å². The van der Waals surface area contributed by atoms with Crippen molar-refractivity contribution in [3.8, 4) is 0 Å². The van der Waals surface area contributed by atoms with E-state index in [9.17, 15) is 9.46 Å². The fourth-order valence-corrected chi connectivity index (χ4v) is 4.26. The Morgan fingerprint density at radius 3 is 1.42 bits per heavy atom. The minimum Gasteiger partial charge on any atom is -0.329 e. The van der Waals surface area contributed by atoms with Gasteiger partial charge in [0.1, 0.15) is 13.2 Å². The van der Waals surface area contributed by atoms with Crippen LogP contribution < -0.4 is 0 Å². The quantitative estimate of drug-likeness (QED) is 0.0693. The summed E-state index contributed by atoms with van der Waals surface area (Å²) in [6.45, 7) is 4.97. The zero-order chi connectivity index (χ0) is 23.3. The van der Waals surface area contributed by atoms with Crippen molar-refractivity contribution in [2.75, 3.05) is 40.9 Å². The highest BCUT2D eigenvalue weighted by Crippen LogP contribution is 2.43. The van der Waals surface area contributed by atoms with Crippen molar-refractivity contribution in [2.45, 2.75) is 109 Å². The molecular weight excluding hydrogens is 409 g/mol. The van der Waals surface area contributed by atoms with Gasteiger partial charge in [0.25, 0.3) is 0 Å². The van der Waals surface area contributed by atoms with Crippen molar-refractivity contribution in [3.05, 3.63) is 12.7 Å². The molecule has 1 N–H and O–H groups in total. The lowest BCUT2D eigenvalue weighted by Crippen LogP contribution is -2.37. The molecule has 1 unspecified atom stereocenters. The molecule has 0 aliphatic rings. The third kappa shape index (κ3) is 25.9. The summed E-state index contributed by atoms with van der Waals surface area (Å²) in [4.78, 5) is 9.66. The summed E-state index contributed by atoms with van der Waals surface area (Å²) in [6, 6.07) is 0. The molecule has 0 aliphatic heterocycles. The normalized spacial score (nSPS) is 13.9. The molecule has 0 aromatic rings. The standard InChI is InChI=1S/C25H52NO4P/c1-5-6-7-8-9-10-11-12-13-14-15-16-17-18-19-20-21-22-24-29-31(27,28)30-25-23-26(2,3)4/h5H,1,6-25H2,2-4H3/p+1. The van der Waals surface area contributed by atoms with Gasteiger partial charge >= 0.3 is 7.82 Å². The molecule has 0 aromatic carbocycles. The van der Waals surface area contributed by atoms with Gasteiger partial charge in [-0.05, 0) is 19.3 Å². The maximum atomic E-state index is 11.8. The highest BCUT2D eigenvalue weighted by molar-refractivity contribution is 7.47. The Morgan fingerprint density at radius 1 is 0.677 bits per heavy atom. The lowest BCUT2D eigenvalue weighted by atomic mass is 10.0. The summed E-state index contributed by atoms with van der Waals surface area (Å²) in [7, 11) is 2.16. The van der Waals surface area contributed by atoms with Crippen LogP contribution in [0.4, 0.5) is 0 Å². The third-order valence-electron chi connectivity index (χ3n) is 5.57. The Kier molecular flexibility index (Phi) is 20.3. The van der Waals surface area contributed by atoms with Gasteiger partial charge in [0, 0.05) is 0 Å². The van der Waals surface area contributed by atoms with E-state index >= 15 is 0 Å². The fraction of sp³-hybridized carbons (Fsp3) is 0.920. The van der Waals surface area contributed by atoms with Crippen molar-refractivity contribution < 1.29 is 23.0 Å². The largest absolute Gasteiger partial charge is 0.472 e. The molecule has 0 fully saturated rings. The average Bonchev–Trinajstić information content (AvgIpc) is 2.68. The van der Waals surface area contributed by atoms with Crippen molar-refractivity contribution in [3.63, 3.8) is 0 Å². The van der Waals surface area contributed by atoms with E-state index in [4.69, 9.17) is 9.05 Å². The summed E-state index contributed by atoms with van der Waals surface area (Å²) in [6.07, 6.45) is 24.0. The van der Waals surface area contributed by atoms with Gasteiger partial charge in [0.05, 0.1) is 27.7 Å². The summed E-state index contributed by atoms with van der Waals surface area (Å²) in [5.74, 6) is 0. The van der Waals surface area contributed by atoms with Crippen LogP contribution in [0.5, 0.6) is 0 Å². The molecule has 31 heavy (non-hydrogen) atoms. The molecule has 0 aliphatic carbocycles. The minimum absolute atomic E-state index is 0.230.